The van der Waals surface area contributed by atoms with Gasteiger partial charge in [-0.3, -0.25) is 11.3 Å². The van der Waals surface area contributed by atoms with E-state index in [0.29, 0.717) is 6.07 Å². The minimum absolute atomic E-state index is 0.349. The molecular formula is C11H11F7N2O. The number of methoxy groups -OCH3 is 1. The minimum atomic E-state index is -5.63. The fourth-order valence-corrected chi connectivity index (χ4v) is 1.88. The van der Waals surface area contributed by atoms with E-state index in [4.69, 9.17) is 5.84 Å². The van der Waals surface area contributed by atoms with Gasteiger partial charge in [0.25, 0.3) is 0 Å². The number of nitrogens with one attached hydrogen (secondary N) is 1. The number of rotatable bonds is 4. The van der Waals surface area contributed by atoms with Gasteiger partial charge in [0.05, 0.1) is 13.2 Å². The first kappa shape index (κ1) is 17.5. The molecule has 3 N–H and O–H groups in total. The number of hydrogen-bond acceptors (Lipinski definition) is 3. The highest BCUT2D eigenvalue weighted by molar-refractivity contribution is 5.37. The molecule has 0 aliphatic rings. The second-order valence-corrected chi connectivity index (χ2v) is 4.09. The fourth-order valence-electron chi connectivity index (χ4n) is 1.88. The molecule has 0 saturated carbocycles. The zero-order valence-corrected chi connectivity index (χ0v) is 10.5. The molecule has 1 aromatic carbocycles. The van der Waals surface area contributed by atoms with E-state index in [1.165, 1.54) is 5.43 Å². The standard InChI is InChI=1S/C11H11F7N2O/c1-21-7-3-2-5(12)4-6(7)8(20-19)9(10(13,14)15)11(16,17)18/h2-4,8-9,20H,19H2,1H3. The van der Waals surface area contributed by atoms with Gasteiger partial charge in [0.2, 0.25) is 0 Å². The summed E-state index contributed by atoms with van der Waals surface area (Å²) in [4.78, 5) is 0. The molecule has 1 unspecified atom stereocenters. The minimum Gasteiger partial charge on any atom is -0.496 e. The fraction of sp³-hybridized carbons (Fsp3) is 0.455. The lowest BCUT2D eigenvalue weighted by Crippen LogP contribution is -2.47. The van der Waals surface area contributed by atoms with Crippen molar-refractivity contribution in [3.8, 4) is 5.75 Å². The summed E-state index contributed by atoms with van der Waals surface area (Å²) in [6.45, 7) is 0. The maximum Gasteiger partial charge on any atom is 0.402 e. The van der Waals surface area contributed by atoms with E-state index < -0.39 is 35.7 Å². The van der Waals surface area contributed by atoms with E-state index in [2.05, 4.69) is 4.74 Å². The highest BCUT2D eigenvalue weighted by atomic mass is 19.4. The number of hydrogen-bond donors (Lipinski definition) is 2. The average Bonchev–Trinajstić information content (AvgIpc) is 2.32. The van der Waals surface area contributed by atoms with E-state index in [-0.39, 0.29) is 5.75 Å². The van der Waals surface area contributed by atoms with Crippen molar-refractivity contribution >= 4 is 0 Å². The first-order valence-corrected chi connectivity index (χ1v) is 5.45. The van der Waals surface area contributed by atoms with Gasteiger partial charge in [0.15, 0.2) is 5.92 Å². The molecule has 0 saturated heterocycles. The Morgan fingerprint density at radius 1 is 1.10 bits per heavy atom. The van der Waals surface area contributed by atoms with Gasteiger partial charge < -0.3 is 4.74 Å². The molecule has 0 aliphatic carbocycles. The topological polar surface area (TPSA) is 47.3 Å². The van der Waals surface area contributed by atoms with Crippen LogP contribution in [0.3, 0.4) is 0 Å². The van der Waals surface area contributed by atoms with Crippen molar-refractivity contribution in [3.05, 3.63) is 29.6 Å². The lowest BCUT2D eigenvalue weighted by Gasteiger charge is -2.31. The molecule has 1 atom stereocenters. The van der Waals surface area contributed by atoms with Crippen LogP contribution in [0, 0.1) is 11.7 Å². The third-order valence-corrected chi connectivity index (χ3v) is 2.74. The van der Waals surface area contributed by atoms with Gasteiger partial charge in [-0.15, -0.1) is 0 Å². The number of ether oxygens (including phenoxy) is 1. The number of alkyl halides is 6. The maximum atomic E-state index is 13.2. The van der Waals surface area contributed by atoms with Gasteiger partial charge in [0.1, 0.15) is 11.6 Å². The van der Waals surface area contributed by atoms with Crippen molar-refractivity contribution in [2.45, 2.75) is 18.4 Å². The number of hydrazine groups is 1. The molecule has 0 aromatic heterocycles. The van der Waals surface area contributed by atoms with Crippen LogP contribution in [0.4, 0.5) is 30.7 Å². The Bertz CT molecular complexity index is 472. The van der Waals surface area contributed by atoms with Crippen LogP contribution >= 0.6 is 0 Å². The van der Waals surface area contributed by atoms with Crippen molar-refractivity contribution in [1.82, 2.24) is 5.43 Å². The van der Waals surface area contributed by atoms with Gasteiger partial charge in [-0.2, -0.15) is 26.3 Å². The van der Waals surface area contributed by atoms with Crippen LogP contribution < -0.4 is 16.0 Å². The zero-order chi connectivity index (χ0) is 16.4. The van der Waals surface area contributed by atoms with Crippen LogP contribution in [0.25, 0.3) is 0 Å². The molecule has 0 radical (unpaired) electrons. The summed E-state index contributed by atoms with van der Waals surface area (Å²) in [7, 11) is 1.03. The van der Waals surface area contributed by atoms with Gasteiger partial charge >= 0.3 is 12.4 Å². The molecule has 120 valence electrons. The molecule has 0 bridgehead atoms. The van der Waals surface area contributed by atoms with Gasteiger partial charge in [0, 0.05) is 5.56 Å². The first-order valence-electron chi connectivity index (χ1n) is 5.45. The SMILES string of the molecule is COc1ccc(F)cc1C(NN)C(C(F)(F)F)C(F)(F)F. The van der Waals surface area contributed by atoms with E-state index >= 15 is 0 Å². The Labute approximate surface area is 114 Å². The molecule has 1 rings (SSSR count). The first-order chi connectivity index (χ1) is 9.52. The lowest BCUT2D eigenvalue weighted by atomic mass is 9.91. The lowest BCUT2D eigenvalue weighted by molar-refractivity contribution is -0.293. The predicted molar refractivity (Wildman–Crippen MR) is 58.6 cm³/mol. The highest BCUT2D eigenvalue weighted by Crippen LogP contribution is 2.47. The largest absolute Gasteiger partial charge is 0.496 e. The highest BCUT2D eigenvalue weighted by Gasteiger charge is 2.60. The summed E-state index contributed by atoms with van der Waals surface area (Å²) in [5.41, 5.74) is 0.766. The Morgan fingerprint density at radius 3 is 2.00 bits per heavy atom. The molecule has 0 aliphatic heterocycles. The molecule has 0 heterocycles. The van der Waals surface area contributed by atoms with E-state index in [0.717, 1.165) is 19.2 Å². The van der Waals surface area contributed by atoms with Crippen molar-refractivity contribution < 1.29 is 35.5 Å². The number of nitrogens with two attached hydrogens (primary N) is 1. The predicted octanol–water partition coefficient (Wildman–Crippen LogP) is 3.08. The third-order valence-electron chi connectivity index (χ3n) is 2.74. The smallest absolute Gasteiger partial charge is 0.402 e. The normalized spacial score (nSPS) is 14.4. The van der Waals surface area contributed by atoms with Crippen LogP contribution in [0.15, 0.2) is 18.2 Å². The Morgan fingerprint density at radius 2 is 1.62 bits per heavy atom. The van der Waals surface area contributed by atoms with E-state index in [1.807, 2.05) is 0 Å². The molecule has 0 spiro atoms. The second kappa shape index (κ2) is 6.06. The van der Waals surface area contributed by atoms with Crippen molar-refractivity contribution in [1.29, 1.82) is 0 Å². The summed E-state index contributed by atoms with van der Waals surface area (Å²) in [6, 6.07) is -0.186. The van der Waals surface area contributed by atoms with Gasteiger partial charge in [-0.25, -0.2) is 4.39 Å². The summed E-state index contributed by atoms with van der Waals surface area (Å²) in [5, 5.41) is 0. The summed E-state index contributed by atoms with van der Waals surface area (Å²) in [5.74, 6) is -0.338. The molecule has 3 nitrogen and oxygen atoms in total. The summed E-state index contributed by atoms with van der Waals surface area (Å²) < 4.78 is 94.2. The van der Waals surface area contributed by atoms with Crippen LogP contribution in [0.5, 0.6) is 5.75 Å². The Balaban J connectivity index is 3.43. The molecule has 21 heavy (non-hydrogen) atoms. The second-order valence-electron chi connectivity index (χ2n) is 4.09. The van der Waals surface area contributed by atoms with E-state index in [1.54, 1.807) is 0 Å². The average molecular weight is 320 g/mol. The zero-order valence-electron chi connectivity index (χ0n) is 10.5. The van der Waals surface area contributed by atoms with Crippen LogP contribution in [-0.4, -0.2) is 19.5 Å². The number of benzene rings is 1. The van der Waals surface area contributed by atoms with E-state index in [9.17, 15) is 30.7 Å². The van der Waals surface area contributed by atoms with Crippen LogP contribution in [0.1, 0.15) is 11.6 Å². The van der Waals surface area contributed by atoms with Crippen molar-refractivity contribution in [3.63, 3.8) is 0 Å². The van der Waals surface area contributed by atoms with Crippen molar-refractivity contribution in [2.75, 3.05) is 7.11 Å². The summed E-state index contributed by atoms with van der Waals surface area (Å²) in [6.07, 6.45) is -11.3. The molecule has 0 fully saturated rings. The number of halogens is 7. The molecule has 1 aromatic rings. The quantitative estimate of drug-likeness (QED) is 0.509. The monoisotopic (exact) mass is 320 g/mol. The van der Waals surface area contributed by atoms with Gasteiger partial charge in [-0.05, 0) is 18.2 Å². The molecule has 0 amide bonds. The summed E-state index contributed by atoms with van der Waals surface area (Å²) >= 11 is 0. The maximum absolute atomic E-state index is 13.2. The molecular weight excluding hydrogens is 309 g/mol. The van der Waals surface area contributed by atoms with Gasteiger partial charge in [-0.1, -0.05) is 0 Å². The third kappa shape index (κ3) is 3.97. The Kier molecular flexibility index (Phi) is 5.05. The molecule has 10 heteroatoms. The van der Waals surface area contributed by atoms with Crippen LogP contribution in [-0.2, 0) is 0 Å². The Hall–Kier alpha value is -1.55. The van der Waals surface area contributed by atoms with Crippen LogP contribution in [0.2, 0.25) is 0 Å². The van der Waals surface area contributed by atoms with Crippen molar-refractivity contribution in [2.24, 2.45) is 11.8 Å².